The summed E-state index contributed by atoms with van der Waals surface area (Å²) >= 11 is 0. The molecule has 0 radical (unpaired) electrons. The molecule has 0 spiro atoms. The Bertz CT molecular complexity index is 614. The molecule has 2 fully saturated rings. The summed E-state index contributed by atoms with van der Waals surface area (Å²) in [5, 5.41) is 3.03. The minimum atomic E-state index is -4.40. The van der Waals surface area contributed by atoms with Gasteiger partial charge in [-0.05, 0) is 36.8 Å². The molecule has 1 N–H and O–H groups in total. The van der Waals surface area contributed by atoms with Crippen LogP contribution in [0.1, 0.15) is 30.4 Å². The Morgan fingerprint density at radius 3 is 2.58 bits per heavy atom. The molecule has 1 aromatic rings. The van der Waals surface area contributed by atoms with Crippen LogP contribution in [0.15, 0.2) is 24.3 Å². The molecule has 7 heteroatoms. The lowest BCUT2D eigenvalue weighted by atomic mass is 9.79. The molecule has 26 heavy (non-hydrogen) atoms. The molecule has 3 rings (SSSR count). The van der Waals surface area contributed by atoms with Crippen LogP contribution in [0, 0.1) is 11.8 Å². The molecule has 0 unspecified atom stereocenters. The number of hydrogen-bond donors (Lipinski definition) is 1. The normalized spacial score (nSPS) is 25.0. The highest BCUT2D eigenvalue weighted by Gasteiger charge is 2.34. The number of ether oxygens (including phenoxy) is 2. The second-order valence-corrected chi connectivity index (χ2v) is 7.03. The molecular weight excluding hydrogens is 347 g/mol. The van der Waals surface area contributed by atoms with Gasteiger partial charge in [-0.2, -0.15) is 13.2 Å². The third-order valence-corrected chi connectivity index (χ3v) is 5.24. The van der Waals surface area contributed by atoms with Crippen LogP contribution >= 0.6 is 0 Å². The van der Waals surface area contributed by atoms with Crippen molar-refractivity contribution in [3.63, 3.8) is 0 Å². The molecule has 1 aromatic carbocycles. The Morgan fingerprint density at radius 1 is 1.12 bits per heavy atom. The third kappa shape index (κ3) is 4.98. The zero-order chi connectivity index (χ0) is 18.6. The number of halogens is 3. The van der Waals surface area contributed by atoms with Crippen molar-refractivity contribution in [2.24, 2.45) is 11.8 Å². The van der Waals surface area contributed by atoms with Crippen LogP contribution in [-0.2, 0) is 26.9 Å². The first kappa shape index (κ1) is 19.2. The zero-order valence-electron chi connectivity index (χ0n) is 14.6. The van der Waals surface area contributed by atoms with Gasteiger partial charge >= 0.3 is 6.18 Å². The largest absolute Gasteiger partial charge is 0.416 e. The fourth-order valence-electron chi connectivity index (χ4n) is 3.85. The number of alkyl halides is 3. The molecular formula is C19H24F3NO3. The predicted molar refractivity (Wildman–Crippen MR) is 89.5 cm³/mol. The molecule has 2 atom stereocenters. The zero-order valence-corrected chi connectivity index (χ0v) is 14.6. The molecule has 0 bridgehead atoms. The Kier molecular flexibility index (Phi) is 6.19. The maximum Gasteiger partial charge on any atom is 0.416 e. The summed E-state index contributed by atoms with van der Waals surface area (Å²) < 4.78 is 49.4. The summed E-state index contributed by atoms with van der Waals surface area (Å²) in [6.45, 7) is 2.66. The third-order valence-electron chi connectivity index (χ3n) is 5.24. The fraction of sp³-hybridized carbons (Fsp3) is 0.632. The van der Waals surface area contributed by atoms with Gasteiger partial charge in [-0.15, -0.1) is 0 Å². The van der Waals surface area contributed by atoms with Gasteiger partial charge in [0, 0.05) is 31.8 Å². The monoisotopic (exact) mass is 371 g/mol. The van der Waals surface area contributed by atoms with Crippen LogP contribution in [0.3, 0.4) is 0 Å². The van der Waals surface area contributed by atoms with Crippen molar-refractivity contribution in [1.82, 2.24) is 5.32 Å². The lowest BCUT2D eigenvalue weighted by Crippen LogP contribution is -2.49. The quantitative estimate of drug-likeness (QED) is 0.884. The van der Waals surface area contributed by atoms with E-state index in [2.05, 4.69) is 5.32 Å². The van der Waals surface area contributed by atoms with Gasteiger partial charge in [-0.1, -0.05) is 18.2 Å². The molecule has 2 saturated heterocycles. The van der Waals surface area contributed by atoms with Crippen molar-refractivity contribution in [1.29, 1.82) is 0 Å². The molecule has 0 aromatic heterocycles. The second kappa shape index (κ2) is 8.39. The molecule has 0 saturated carbocycles. The summed E-state index contributed by atoms with van der Waals surface area (Å²) in [6, 6.07) is 4.95. The summed E-state index contributed by atoms with van der Waals surface area (Å²) in [5.74, 6) is 0.439. The van der Waals surface area contributed by atoms with Crippen LogP contribution in [0.5, 0.6) is 0 Å². The van der Waals surface area contributed by atoms with Gasteiger partial charge < -0.3 is 14.8 Å². The molecule has 1 amide bonds. The average molecular weight is 371 g/mol. The van der Waals surface area contributed by atoms with Crippen LogP contribution in [0.25, 0.3) is 0 Å². The summed E-state index contributed by atoms with van der Waals surface area (Å²) in [7, 11) is 0. The predicted octanol–water partition coefficient (Wildman–Crippen LogP) is 3.20. The Labute approximate surface area is 151 Å². The summed E-state index contributed by atoms with van der Waals surface area (Å²) in [5.41, 5.74) is -0.360. The molecule has 2 aliphatic rings. The van der Waals surface area contributed by atoms with Gasteiger partial charge in [0.2, 0.25) is 5.91 Å². The van der Waals surface area contributed by atoms with Crippen LogP contribution in [0.4, 0.5) is 13.2 Å². The van der Waals surface area contributed by atoms with Gasteiger partial charge in [-0.25, -0.2) is 0 Å². The standard InChI is InChI=1S/C19H24F3NO3/c20-19(21,22)15-3-1-2-13(10-15)11-18(24)23-17-6-9-26-12-16(17)14-4-7-25-8-5-14/h1-3,10,14,16-17H,4-9,11-12H2,(H,23,24)/t16-,17-/m1/s1. The highest BCUT2D eigenvalue weighted by Crippen LogP contribution is 2.31. The minimum Gasteiger partial charge on any atom is -0.381 e. The number of rotatable bonds is 4. The number of amides is 1. The lowest BCUT2D eigenvalue weighted by molar-refractivity contribution is -0.137. The van der Waals surface area contributed by atoms with E-state index in [0.29, 0.717) is 24.7 Å². The Hall–Kier alpha value is -1.60. The van der Waals surface area contributed by atoms with Crippen LogP contribution in [0.2, 0.25) is 0 Å². The van der Waals surface area contributed by atoms with E-state index in [-0.39, 0.29) is 24.3 Å². The van der Waals surface area contributed by atoms with Crippen molar-refractivity contribution < 1.29 is 27.4 Å². The van der Waals surface area contributed by atoms with E-state index in [1.807, 2.05) is 0 Å². The highest BCUT2D eigenvalue weighted by molar-refractivity contribution is 5.79. The van der Waals surface area contributed by atoms with E-state index in [1.165, 1.54) is 6.07 Å². The van der Waals surface area contributed by atoms with Gasteiger partial charge in [0.25, 0.3) is 0 Å². The number of benzene rings is 1. The molecule has 4 nitrogen and oxygen atoms in total. The van der Waals surface area contributed by atoms with Crippen LogP contribution in [-0.4, -0.2) is 38.4 Å². The Morgan fingerprint density at radius 2 is 1.85 bits per heavy atom. The maximum atomic E-state index is 12.8. The van der Waals surface area contributed by atoms with Crippen molar-refractivity contribution in [2.75, 3.05) is 26.4 Å². The van der Waals surface area contributed by atoms with Gasteiger partial charge in [0.15, 0.2) is 0 Å². The molecule has 0 aliphatic carbocycles. The van der Waals surface area contributed by atoms with E-state index >= 15 is 0 Å². The fourth-order valence-corrected chi connectivity index (χ4v) is 3.85. The van der Waals surface area contributed by atoms with E-state index in [0.717, 1.165) is 44.6 Å². The van der Waals surface area contributed by atoms with Crippen molar-refractivity contribution >= 4 is 5.91 Å². The first-order valence-electron chi connectivity index (χ1n) is 9.04. The average Bonchev–Trinajstić information content (AvgIpc) is 2.62. The molecule has 2 aliphatic heterocycles. The lowest BCUT2D eigenvalue weighted by Gasteiger charge is -2.39. The van der Waals surface area contributed by atoms with Crippen LogP contribution < -0.4 is 5.32 Å². The number of carbonyl (C=O) groups is 1. The summed E-state index contributed by atoms with van der Waals surface area (Å²) in [4.78, 5) is 12.4. The van der Waals surface area contributed by atoms with Crippen molar-refractivity contribution in [2.45, 2.75) is 37.9 Å². The molecule has 2 heterocycles. The number of nitrogens with one attached hydrogen (secondary N) is 1. The smallest absolute Gasteiger partial charge is 0.381 e. The van der Waals surface area contributed by atoms with E-state index < -0.39 is 11.7 Å². The van der Waals surface area contributed by atoms with Crippen molar-refractivity contribution in [3.05, 3.63) is 35.4 Å². The topological polar surface area (TPSA) is 47.6 Å². The van der Waals surface area contributed by atoms with Gasteiger partial charge in [0.05, 0.1) is 18.6 Å². The summed E-state index contributed by atoms with van der Waals surface area (Å²) in [6.07, 6.45) is -1.82. The van der Waals surface area contributed by atoms with Crippen molar-refractivity contribution in [3.8, 4) is 0 Å². The second-order valence-electron chi connectivity index (χ2n) is 7.03. The minimum absolute atomic E-state index is 0.00477. The SMILES string of the molecule is O=C(Cc1cccc(C(F)(F)F)c1)N[C@@H]1CCOC[C@@H]1C1CCOCC1. The van der Waals surface area contributed by atoms with Gasteiger partial charge in [0.1, 0.15) is 0 Å². The number of carbonyl (C=O) groups excluding carboxylic acids is 1. The maximum absolute atomic E-state index is 12.8. The Balaban J connectivity index is 1.61. The van der Waals surface area contributed by atoms with E-state index in [1.54, 1.807) is 6.07 Å². The highest BCUT2D eigenvalue weighted by atomic mass is 19.4. The molecule has 144 valence electrons. The van der Waals surface area contributed by atoms with E-state index in [9.17, 15) is 18.0 Å². The number of hydrogen-bond acceptors (Lipinski definition) is 3. The van der Waals surface area contributed by atoms with E-state index in [4.69, 9.17) is 9.47 Å². The first-order valence-corrected chi connectivity index (χ1v) is 9.04. The van der Waals surface area contributed by atoms with Gasteiger partial charge in [-0.3, -0.25) is 4.79 Å². The first-order chi connectivity index (χ1) is 12.4.